The summed E-state index contributed by atoms with van der Waals surface area (Å²) in [7, 11) is 0. The molecule has 0 aliphatic carbocycles. The number of piperidine rings is 1. The molecule has 0 radical (unpaired) electrons. The zero-order chi connectivity index (χ0) is 20.7. The van der Waals surface area contributed by atoms with Crippen molar-refractivity contribution in [2.45, 2.75) is 52.5 Å². The molecule has 1 aliphatic heterocycles. The van der Waals surface area contributed by atoms with Crippen LogP contribution in [0.3, 0.4) is 0 Å². The SMILES string of the molecule is CCC(CC)C(=O)N1CCC(NC(=O)Nc2ccc(NC(C)=O)cc2Cl)CC1. The molecule has 0 aromatic heterocycles. The van der Waals surface area contributed by atoms with E-state index in [1.54, 1.807) is 18.2 Å². The molecule has 1 heterocycles. The van der Waals surface area contributed by atoms with E-state index in [4.69, 9.17) is 11.6 Å². The molecule has 0 saturated carbocycles. The van der Waals surface area contributed by atoms with Crippen molar-refractivity contribution in [1.29, 1.82) is 0 Å². The second-order valence-corrected chi connectivity index (χ2v) is 7.49. The number of anilines is 2. The fourth-order valence-corrected chi connectivity index (χ4v) is 3.61. The first-order chi connectivity index (χ1) is 13.3. The van der Waals surface area contributed by atoms with Gasteiger partial charge in [0, 0.05) is 37.7 Å². The Labute approximate surface area is 171 Å². The Bertz CT molecular complexity index is 713. The van der Waals surface area contributed by atoms with E-state index in [0.29, 0.717) is 29.5 Å². The Morgan fingerprint density at radius 3 is 2.32 bits per heavy atom. The Morgan fingerprint density at radius 1 is 1.14 bits per heavy atom. The second kappa shape index (κ2) is 10.3. The van der Waals surface area contributed by atoms with E-state index in [1.165, 1.54) is 6.92 Å². The molecule has 1 saturated heterocycles. The van der Waals surface area contributed by atoms with Crippen LogP contribution in [-0.2, 0) is 9.59 Å². The average Bonchev–Trinajstić information content (AvgIpc) is 2.65. The van der Waals surface area contributed by atoms with Gasteiger partial charge >= 0.3 is 6.03 Å². The number of rotatable bonds is 6. The first kappa shape index (κ1) is 22.0. The normalized spacial score (nSPS) is 14.7. The van der Waals surface area contributed by atoms with Crippen LogP contribution >= 0.6 is 11.6 Å². The van der Waals surface area contributed by atoms with Crippen LogP contribution in [0.1, 0.15) is 46.5 Å². The summed E-state index contributed by atoms with van der Waals surface area (Å²) in [6, 6.07) is 4.58. The first-order valence-corrected chi connectivity index (χ1v) is 10.1. The molecular formula is C20H29ClN4O3. The van der Waals surface area contributed by atoms with E-state index in [9.17, 15) is 14.4 Å². The molecule has 1 aromatic rings. The molecule has 0 unspecified atom stereocenters. The third kappa shape index (κ3) is 6.12. The lowest BCUT2D eigenvalue weighted by Gasteiger charge is -2.34. The summed E-state index contributed by atoms with van der Waals surface area (Å²) in [5, 5.41) is 8.65. The quantitative estimate of drug-likeness (QED) is 0.667. The maximum Gasteiger partial charge on any atom is 0.319 e. The highest BCUT2D eigenvalue weighted by Gasteiger charge is 2.27. The van der Waals surface area contributed by atoms with E-state index in [2.05, 4.69) is 16.0 Å². The predicted molar refractivity (Wildman–Crippen MR) is 112 cm³/mol. The number of carbonyl (C=O) groups excluding carboxylic acids is 3. The molecule has 0 spiro atoms. The number of carbonyl (C=O) groups is 3. The van der Waals surface area contributed by atoms with Crippen molar-refractivity contribution in [1.82, 2.24) is 10.2 Å². The van der Waals surface area contributed by atoms with Crippen molar-refractivity contribution >= 4 is 40.8 Å². The van der Waals surface area contributed by atoms with Crippen molar-refractivity contribution in [3.8, 4) is 0 Å². The maximum absolute atomic E-state index is 12.4. The number of halogens is 1. The van der Waals surface area contributed by atoms with Crippen LogP contribution < -0.4 is 16.0 Å². The van der Waals surface area contributed by atoms with Crippen LogP contribution in [0.25, 0.3) is 0 Å². The van der Waals surface area contributed by atoms with Crippen LogP contribution in [0.4, 0.5) is 16.2 Å². The molecule has 1 fully saturated rings. The van der Waals surface area contributed by atoms with E-state index in [0.717, 1.165) is 25.7 Å². The molecule has 154 valence electrons. The summed E-state index contributed by atoms with van der Waals surface area (Å²) in [6.45, 7) is 6.81. The molecule has 28 heavy (non-hydrogen) atoms. The molecule has 7 nitrogen and oxygen atoms in total. The minimum Gasteiger partial charge on any atom is -0.342 e. The van der Waals surface area contributed by atoms with Gasteiger partial charge in [-0.3, -0.25) is 9.59 Å². The standard InChI is InChI=1S/C20H29ClN4O3/c1-4-14(5-2)19(27)25-10-8-15(9-11-25)23-20(28)24-18-7-6-16(12-17(18)21)22-13(3)26/h6-7,12,14-15H,4-5,8-11H2,1-3H3,(H,22,26)(H2,23,24,28). The summed E-state index contributed by atoms with van der Waals surface area (Å²) in [5.74, 6) is 0.123. The number of hydrogen-bond donors (Lipinski definition) is 3. The number of amides is 4. The number of likely N-dealkylation sites (tertiary alicyclic amines) is 1. The Balaban J connectivity index is 1.83. The molecule has 1 aromatic carbocycles. The van der Waals surface area contributed by atoms with Crippen LogP contribution in [0.15, 0.2) is 18.2 Å². The van der Waals surface area contributed by atoms with Gasteiger partial charge in [0.25, 0.3) is 0 Å². The van der Waals surface area contributed by atoms with Gasteiger partial charge in [0.1, 0.15) is 0 Å². The summed E-state index contributed by atoms with van der Waals surface area (Å²) < 4.78 is 0. The van der Waals surface area contributed by atoms with Crippen molar-refractivity contribution < 1.29 is 14.4 Å². The Kier molecular flexibility index (Phi) is 8.11. The van der Waals surface area contributed by atoms with Crippen molar-refractivity contribution in [2.24, 2.45) is 5.92 Å². The van der Waals surface area contributed by atoms with Gasteiger partial charge in [0.2, 0.25) is 11.8 Å². The Hall–Kier alpha value is -2.28. The molecule has 4 amide bonds. The highest BCUT2D eigenvalue weighted by molar-refractivity contribution is 6.34. The number of nitrogens with zero attached hydrogens (tertiary/aromatic N) is 1. The summed E-state index contributed by atoms with van der Waals surface area (Å²) in [5.41, 5.74) is 1.03. The highest BCUT2D eigenvalue weighted by atomic mass is 35.5. The lowest BCUT2D eigenvalue weighted by Crippen LogP contribution is -2.48. The van der Waals surface area contributed by atoms with Crippen molar-refractivity contribution in [2.75, 3.05) is 23.7 Å². The largest absolute Gasteiger partial charge is 0.342 e. The van der Waals surface area contributed by atoms with Gasteiger partial charge < -0.3 is 20.9 Å². The summed E-state index contributed by atoms with van der Waals surface area (Å²) in [4.78, 5) is 37.7. The minimum atomic E-state index is -0.334. The first-order valence-electron chi connectivity index (χ1n) is 9.77. The number of hydrogen-bond acceptors (Lipinski definition) is 3. The Morgan fingerprint density at radius 2 is 1.79 bits per heavy atom. The zero-order valence-electron chi connectivity index (χ0n) is 16.7. The lowest BCUT2D eigenvalue weighted by molar-refractivity contribution is -0.136. The summed E-state index contributed by atoms with van der Waals surface area (Å²) >= 11 is 6.17. The highest BCUT2D eigenvalue weighted by Crippen LogP contribution is 2.25. The van der Waals surface area contributed by atoms with Crippen LogP contribution in [0, 0.1) is 5.92 Å². The minimum absolute atomic E-state index is 0.0168. The zero-order valence-corrected chi connectivity index (χ0v) is 17.4. The van der Waals surface area contributed by atoms with Gasteiger partial charge in [-0.25, -0.2) is 4.79 Å². The van der Waals surface area contributed by atoms with Crippen LogP contribution in [0.2, 0.25) is 5.02 Å². The van der Waals surface area contributed by atoms with Gasteiger partial charge in [-0.15, -0.1) is 0 Å². The summed E-state index contributed by atoms with van der Waals surface area (Å²) in [6.07, 6.45) is 3.18. The smallest absolute Gasteiger partial charge is 0.319 e. The molecule has 2 rings (SSSR count). The molecule has 0 bridgehead atoms. The van der Waals surface area contributed by atoms with Gasteiger partial charge in [0.15, 0.2) is 0 Å². The van der Waals surface area contributed by atoms with Crippen molar-refractivity contribution in [3.05, 3.63) is 23.2 Å². The van der Waals surface area contributed by atoms with Gasteiger partial charge in [-0.2, -0.15) is 0 Å². The van der Waals surface area contributed by atoms with E-state index in [-0.39, 0.29) is 29.8 Å². The van der Waals surface area contributed by atoms with Gasteiger partial charge in [0.05, 0.1) is 10.7 Å². The second-order valence-electron chi connectivity index (χ2n) is 7.09. The fourth-order valence-electron chi connectivity index (χ4n) is 3.38. The van der Waals surface area contributed by atoms with Gasteiger partial charge in [-0.05, 0) is 43.9 Å². The number of urea groups is 1. The van der Waals surface area contributed by atoms with Crippen LogP contribution in [-0.4, -0.2) is 41.9 Å². The molecular weight excluding hydrogens is 380 g/mol. The van der Waals surface area contributed by atoms with Gasteiger partial charge in [-0.1, -0.05) is 25.4 Å². The molecule has 3 N–H and O–H groups in total. The maximum atomic E-state index is 12.4. The third-order valence-corrected chi connectivity index (χ3v) is 5.33. The molecule has 1 aliphatic rings. The lowest BCUT2D eigenvalue weighted by atomic mass is 9.98. The number of nitrogens with one attached hydrogen (secondary N) is 3. The van der Waals surface area contributed by atoms with E-state index in [1.807, 2.05) is 18.7 Å². The van der Waals surface area contributed by atoms with E-state index < -0.39 is 0 Å². The van der Waals surface area contributed by atoms with Crippen molar-refractivity contribution in [3.63, 3.8) is 0 Å². The predicted octanol–water partition coefficient (Wildman–Crippen LogP) is 3.85. The molecule has 0 atom stereocenters. The fraction of sp³-hybridized carbons (Fsp3) is 0.550. The molecule has 8 heteroatoms. The topological polar surface area (TPSA) is 90.5 Å². The number of benzene rings is 1. The van der Waals surface area contributed by atoms with Crippen LogP contribution in [0.5, 0.6) is 0 Å². The van der Waals surface area contributed by atoms with E-state index >= 15 is 0 Å². The average molecular weight is 409 g/mol. The monoisotopic (exact) mass is 408 g/mol. The third-order valence-electron chi connectivity index (χ3n) is 5.01.